The summed E-state index contributed by atoms with van der Waals surface area (Å²) in [5.41, 5.74) is 0.142. The Bertz CT molecular complexity index is 754. The van der Waals surface area contributed by atoms with Gasteiger partial charge in [0.2, 0.25) is 0 Å². The monoisotopic (exact) mass is 353 g/mol. The quantitative estimate of drug-likeness (QED) is 0.745. The molecule has 1 saturated heterocycles. The third-order valence-corrected chi connectivity index (χ3v) is 5.15. The van der Waals surface area contributed by atoms with Gasteiger partial charge in [-0.3, -0.25) is 14.5 Å². The zero-order valence-electron chi connectivity index (χ0n) is 11.1. The summed E-state index contributed by atoms with van der Waals surface area (Å²) in [5, 5.41) is 1.66. The first-order valence-corrected chi connectivity index (χ1v) is 8.35. The van der Waals surface area contributed by atoms with Gasteiger partial charge in [0.05, 0.1) is 11.4 Å². The van der Waals surface area contributed by atoms with E-state index in [-0.39, 0.29) is 17.1 Å². The minimum atomic E-state index is -0.534. The van der Waals surface area contributed by atoms with E-state index in [1.54, 1.807) is 6.08 Å². The van der Waals surface area contributed by atoms with Crippen LogP contribution < -0.4 is 0 Å². The number of amides is 2. The molecule has 1 aromatic carbocycles. The van der Waals surface area contributed by atoms with Gasteiger partial charge >= 0.3 is 0 Å². The lowest BCUT2D eigenvalue weighted by molar-refractivity contribution is -0.123. The molecule has 0 spiro atoms. The molecule has 0 radical (unpaired) electrons. The summed E-state index contributed by atoms with van der Waals surface area (Å²) in [5.74, 6) is -0.962. The predicted molar refractivity (Wildman–Crippen MR) is 87.2 cm³/mol. The first-order chi connectivity index (χ1) is 10.6. The van der Waals surface area contributed by atoms with Gasteiger partial charge in [0.1, 0.15) is 5.82 Å². The highest BCUT2D eigenvalue weighted by Gasteiger charge is 2.35. The Balaban J connectivity index is 1.86. The molecule has 3 nitrogen and oxygen atoms in total. The summed E-state index contributed by atoms with van der Waals surface area (Å²) >= 11 is 8.27. The van der Waals surface area contributed by atoms with Crippen LogP contribution in [0.4, 0.5) is 9.18 Å². The fourth-order valence-electron chi connectivity index (χ4n) is 1.98. The largest absolute Gasteiger partial charge is 0.293 e. The second-order valence-corrected chi connectivity index (χ2v) is 6.86. The van der Waals surface area contributed by atoms with Gasteiger partial charge in [0.25, 0.3) is 11.1 Å². The molecule has 0 saturated carbocycles. The maximum Gasteiger partial charge on any atom is 0.293 e. The number of carbonyl (C=O) groups excluding carboxylic acids is 2. The van der Waals surface area contributed by atoms with Gasteiger partial charge in [-0.2, -0.15) is 0 Å². The second-order valence-electron chi connectivity index (χ2n) is 4.48. The van der Waals surface area contributed by atoms with Crippen molar-refractivity contribution in [2.75, 3.05) is 0 Å². The molecule has 7 heteroatoms. The molecular weight excluding hydrogens is 345 g/mol. The van der Waals surface area contributed by atoms with Crippen LogP contribution in [-0.4, -0.2) is 16.0 Å². The molecule has 3 rings (SSSR count). The van der Waals surface area contributed by atoms with E-state index >= 15 is 0 Å². The van der Waals surface area contributed by atoms with Gasteiger partial charge in [-0.1, -0.05) is 23.7 Å². The topological polar surface area (TPSA) is 37.4 Å². The van der Waals surface area contributed by atoms with Crippen LogP contribution in [0.5, 0.6) is 0 Å². The smallest absolute Gasteiger partial charge is 0.268 e. The Kier molecular flexibility index (Phi) is 4.33. The molecule has 22 heavy (non-hydrogen) atoms. The summed E-state index contributed by atoms with van der Waals surface area (Å²) in [7, 11) is 0. The molecule has 0 aliphatic carbocycles. The summed E-state index contributed by atoms with van der Waals surface area (Å²) in [4.78, 5) is 26.6. The van der Waals surface area contributed by atoms with Crippen molar-refractivity contribution in [2.24, 2.45) is 0 Å². The third kappa shape index (κ3) is 2.95. The Hall–Kier alpha value is -1.63. The van der Waals surface area contributed by atoms with Crippen molar-refractivity contribution >= 4 is 51.9 Å². The standard InChI is InChI=1S/C15H9ClFNO2S2/c16-11-4-1-5-12(17)10(11)8-18-14(19)13(22-15(18)20)7-9-3-2-6-21-9/h1-7H,8H2/b13-7-. The van der Waals surface area contributed by atoms with Crippen molar-refractivity contribution in [2.45, 2.75) is 6.54 Å². The number of halogens is 2. The molecule has 2 amide bonds. The summed E-state index contributed by atoms with van der Waals surface area (Å²) in [6.45, 7) is -0.169. The van der Waals surface area contributed by atoms with Crippen molar-refractivity contribution in [3.8, 4) is 0 Å². The van der Waals surface area contributed by atoms with Crippen LogP contribution in [-0.2, 0) is 11.3 Å². The van der Waals surface area contributed by atoms with Gasteiger partial charge in [-0.05, 0) is 41.4 Å². The number of hydrogen-bond donors (Lipinski definition) is 0. The van der Waals surface area contributed by atoms with Gasteiger partial charge in [-0.15, -0.1) is 11.3 Å². The average Bonchev–Trinajstić information content (AvgIpc) is 3.06. The van der Waals surface area contributed by atoms with Crippen LogP contribution in [0.15, 0.2) is 40.6 Å². The molecule has 112 valence electrons. The maximum absolute atomic E-state index is 13.8. The van der Waals surface area contributed by atoms with Crippen molar-refractivity contribution in [3.05, 3.63) is 61.9 Å². The predicted octanol–water partition coefficient (Wildman–Crippen LogP) is 4.78. The molecule has 1 fully saturated rings. The lowest BCUT2D eigenvalue weighted by Gasteiger charge is -2.14. The Labute approximate surface area is 139 Å². The molecular formula is C15H9ClFNO2S2. The van der Waals surface area contributed by atoms with E-state index < -0.39 is 17.0 Å². The van der Waals surface area contributed by atoms with Gasteiger partial charge in [-0.25, -0.2) is 4.39 Å². The minimum Gasteiger partial charge on any atom is -0.268 e. The lowest BCUT2D eigenvalue weighted by atomic mass is 10.2. The highest BCUT2D eigenvalue weighted by molar-refractivity contribution is 8.18. The highest BCUT2D eigenvalue weighted by atomic mass is 35.5. The van der Waals surface area contributed by atoms with Crippen molar-refractivity contribution in [1.29, 1.82) is 0 Å². The minimum absolute atomic E-state index is 0.142. The number of carbonyl (C=O) groups is 2. The highest BCUT2D eigenvalue weighted by Crippen LogP contribution is 2.35. The SMILES string of the molecule is O=C1S/C(=C\c2cccs2)C(=O)N1Cc1c(F)cccc1Cl. The molecule has 0 bridgehead atoms. The van der Waals surface area contributed by atoms with Crippen LogP contribution in [0.3, 0.4) is 0 Å². The van der Waals surface area contributed by atoms with E-state index in [4.69, 9.17) is 11.6 Å². The second kappa shape index (κ2) is 6.24. The van der Waals surface area contributed by atoms with Crippen LogP contribution in [0.25, 0.3) is 6.08 Å². The number of thiophene rings is 1. The molecule has 1 aromatic heterocycles. The van der Waals surface area contributed by atoms with Crippen LogP contribution in [0.2, 0.25) is 5.02 Å². The third-order valence-electron chi connectivity index (χ3n) is 3.07. The number of benzene rings is 1. The van der Waals surface area contributed by atoms with Crippen LogP contribution in [0.1, 0.15) is 10.4 Å². The van der Waals surface area contributed by atoms with E-state index in [0.29, 0.717) is 4.91 Å². The average molecular weight is 354 g/mol. The van der Waals surface area contributed by atoms with E-state index in [2.05, 4.69) is 0 Å². The first-order valence-electron chi connectivity index (χ1n) is 6.28. The van der Waals surface area contributed by atoms with E-state index in [1.165, 1.54) is 29.5 Å². The van der Waals surface area contributed by atoms with E-state index in [1.807, 2.05) is 17.5 Å². The first kappa shape index (κ1) is 15.3. The zero-order chi connectivity index (χ0) is 15.7. The van der Waals surface area contributed by atoms with Crippen LogP contribution >= 0.6 is 34.7 Å². The molecule has 1 aliphatic heterocycles. The molecule has 2 heterocycles. The van der Waals surface area contributed by atoms with Crippen molar-refractivity contribution < 1.29 is 14.0 Å². The van der Waals surface area contributed by atoms with Gasteiger partial charge in [0.15, 0.2) is 0 Å². The van der Waals surface area contributed by atoms with Crippen molar-refractivity contribution in [1.82, 2.24) is 4.90 Å². The van der Waals surface area contributed by atoms with Crippen molar-refractivity contribution in [3.63, 3.8) is 0 Å². The van der Waals surface area contributed by atoms with E-state index in [0.717, 1.165) is 21.5 Å². The Morgan fingerprint density at radius 2 is 2.05 bits per heavy atom. The maximum atomic E-state index is 13.8. The van der Waals surface area contributed by atoms with Crippen LogP contribution in [0, 0.1) is 5.82 Å². The molecule has 2 aromatic rings. The molecule has 0 atom stereocenters. The fourth-order valence-corrected chi connectivity index (χ4v) is 3.76. The summed E-state index contributed by atoms with van der Waals surface area (Å²) < 4.78 is 13.8. The number of thioether (sulfide) groups is 1. The lowest BCUT2D eigenvalue weighted by Crippen LogP contribution is -2.28. The Morgan fingerprint density at radius 3 is 2.73 bits per heavy atom. The number of imide groups is 1. The molecule has 0 N–H and O–H groups in total. The molecule has 0 unspecified atom stereocenters. The number of rotatable bonds is 3. The molecule has 1 aliphatic rings. The normalized spacial score (nSPS) is 16.8. The number of hydrogen-bond acceptors (Lipinski definition) is 4. The summed E-state index contributed by atoms with van der Waals surface area (Å²) in [6, 6.07) is 7.97. The fraction of sp³-hybridized carbons (Fsp3) is 0.0667. The number of nitrogens with zero attached hydrogens (tertiary/aromatic N) is 1. The zero-order valence-corrected chi connectivity index (χ0v) is 13.5. The Morgan fingerprint density at radius 1 is 1.23 bits per heavy atom. The van der Waals surface area contributed by atoms with Gasteiger partial charge in [0, 0.05) is 15.5 Å². The summed E-state index contributed by atoms with van der Waals surface area (Å²) in [6.07, 6.45) is 1.67. The van der Waals surface area contributed by atoms with E-state index in [9.17, 15) is 14.0 Å². The van der Waals surface area contributed by atoms with Gasteiger partial charge < -0.3 is 0 Å².